The monoisotopic (exact) mass is 162 g/mol. The number of nitrogens with two attached hydrogens (primary N) is 1. The summed E-state index contributed by atoms with van der Waals surface area (Å²) in [7, 11) is 0. The lowest BCUT2D eigenvalue weighted by Crippen LogP contribution is -2.16. The SMILES string of the molecule is C#Cc1ccncc1[C@@H](N)CO. The summed E-state index contributed by atoms with van der Waals surface area (Å²) < 4.78 is 0. The summed E-state index contributed by atoms with van der Waals surface area (Å²) in [5.41, 5.74) is 6.98. The molecule has 0 radical (unpaired) electrons. The molecule has 1 heterocycles. The van der Waals surface area contributed by atoms with Crippen LogP contribution >= 0.6 is 0 Å². The first-order valence-electron chi connectivity index (χ1n) is 3.56. The van der Waals surface area contributed by atoms with Crippen molar-refractivity contribution in [3.63, 3.8) is 0 Å². The van der Waals surface area contributed by atoms with Crippen molar-refractivity contribution in [3.8, 4) is 12.3 Å². The van der Waals surface area contributed by atoms with E-state index in [-0.39, 0.29) is 6.61 Å². The van der Waals surface area contributed by atoms with E-state index in [1.165, 1.54) is 0 Å². The first kappa shape index (κ1) is 8.72. The molecule has 3 N–H and O–H groups in total. The van der Waals surface area contributed by atoms with Crippen molar-refractivity contribution in [2.24, 2.45) is 5.73 Å². The molecular weight excluding hydrogens is 152 g/mol. The first-order valence-corrected chi connectivity index (χ1v) is 3.56. The van der Waals surface area contributed by atoms with Crippen LogP contribution in [0.1, 0.15) is 17.2 Å². The fourth-order valence-corrected chi connectivity index (χ4v) is 0.932. The third-order valence-electron chi connectivity index (χ3n) is 1.60. The normalized spacial score (nSPS) is 12.1. The minimum Gasteiger partial charge on any atom is -0.394 e. The molecule has 62 valence electrons. The zero-order valence-electron chi connectivity index (χ0n) is 6.57. The van der Waals surface area contributed by atoms with Gasteiger partial charge in [-0.15, -0.1) is 6.42 Å². The number of hydrogen-bond acceptors (Lipinski definition) is 3. The Morgan fingerprint density at radius 1 is 1.75 bits per heavy atom. The van der Waals surface area contributed by atoms with Gasteiger partial charge < -0.3 is 10.8 Å². The maximum atomic E-state index is 8.79. The van der Waals surface area contributed by atoms with Crippen LogP contribution in [0.25, 0.3) is 0 Å². The van der Waals surface area contributed by atoms with E-state index in [1.807, 2.05) is 0 Å². The highest BCUT2D eigenvalue weighted by atomic mass is 16.3. The van der Waals surface area contributed by atoms with E-state index in [0.29, 0.717) is 11.1 Å². The van der Waals surface area contributed by atoms with Gasteiger partial charge in [0.1, 0.15) is 0 Å². The van der Waals surface area contributed by atoms with Crippen molar-refractivity contribution in [1.82, 2.24) is 4.98 Å². The number of terminal acetylenes is 1. The molecule has 1 atom stereocenters. The van der Waals surface area contributed by atoms with Crippen LogP contribution in [-0.2, 0) is 0 Å². The van der Waals surface area contributed by atoms with Gasteiger partial charge in [-0.1, -0.05) is 5.92 Å². The quantitative estimate of drug-likeness (QED) is 0.604. The third-order valence-corrected chi connectivity index (χ3v) is 1.60. The molecule has 1 aromatic rings. The van der Waals surface area contributed by atoms with E-state index in [4.69, 9.17) is 17.3 Å². The third kappa shape index (κ3) is 1.62. The second kappa shape index (κ2) is 3.86. The summed E-state index contributed by atoms with van der Waals surface area (Å²) in [5, 5.41) is 8.79. The van der Waals surface area contributed by atoms with Crippen molar-refractivity contribution in [1.29, 1.82) is 0 Å². The van der Waals surface area contributed by atoms with E-state index >= 15 is 0 Å². The zero-order chi connectivity index (χ0) is 8.97. The Morgan fingerprint density at radius 2 is 2.50 bits per heavy atom. The van der Waals surface area contributed by atoms with Gasteiger partial charge in [0.25, 0.3) is 0 Å². The summed E-state index contributed by atoms with van der Waals surface area (Å²) in [4.78, 5) is 3.88. The molecule has 3 nitrogen and oxygen atoms in total. The minimum atomic E-state index is -0.440. The van der Waals surface area contributed by atoms with Gasteiger partial charge in [-0.05, 0) is 6.07 Å². The number of nitrogens with zero attached hydrogens (tertiary/aromatic N) is 1. The smallest absolute Gasteiger partial charge is 0.0625 e. The van der Waals surface area contributed by atoms with Crippen LogP contribution in [0.5, 0.6) is 0 Å². The highest BCUT2D eigenvalue weighted by Gasteiger charge is 2.07. The highest BCUT2D eigenvalue weighted by Crippen LogP contribution is 2.12. The molecule has 0 fully saturated rings. The van der Waals surface area contributed by atoms with E-state index in [9.17, 15) is 0 Å². The van der Waals surface area contributed by atoms with Crippen LogP contribution in [0.3, 0.4) is 0 Å². The van der Waals surface area contributed by atoms with Gasteiger partial charge in [0.15, 0.2) is 0 Å². The molecule has 0 unspecified atom stereocenters. The average molecular weight is 162 g/mol. The van der Waals surface area contributed by atoms with Crippen molar-refractivity contribution in [3.05, 3.63) is 29.6 Å². The predicted octanol–water partition coefficient (Wildman–Crippen LogP) is 0.0550. The highest BCUT2D eigenvalue weighted by molar-refractivity contribution is 5.39. The molecular formula is C9H10N2O. The Balaban J connectivity index is 3.07. The Hall–Kier alpha value is -1.37. The van der Waals surface area contributed by atoms with Gasteiger partial charge in [0, 0.05) is 23.5 Å². The van der Waals surface area contributed by atoms with Crippen molar-refractivity contribution in [2.45, 2.75) is 6.04 Å². The standard InChI is InChI=1S/C9H10N2O/c1-2-7-3-4-11-5-8(7)9(10)6-12/h1,3-5,9,12H,6,10H2/t9-/m0/s1. The fourth-order valence-electron chi connectivity index (χ4n) is 0.932. The van der Waals surface area contributed by atoms with Crippen molar-refractivity contribution >= 4 is 0 Å². The molecule has 12 heavy (non-hydrogen) atoms. The lowest BCUT2D eigenvalue weighted by molar-refractivity contribution is 0.267. The zero-order valence-corrected chi connectivity index (χ0v) is 6.57. The van der Waals surface area contributed by atoms with Crippen molar-refractivity contribution in [2.75, 3.05) is 6.61 Å². The number of aliphatic hydroxyl groups is 1. The molecule has 0 aliphatic heterocycles. The van der Waals surface area contributed by atoms with Gasteiger partial charge in [0.05, 0.1) is 12.6 Å². The summed E-state index contributed by atoms with van der Waals surface area (Å²) >= 11 is 0. The van der Waals surface area contributed by atoms with Crippen LogP contribution in [0.15, 0.2) is 18.5 Å². The summed E-state index contributed by atoms with van der Waals surface area (Å²) in [6, 6.07) is 1.26. The molecule has 0 saturated carbocycles. The number of aliphatic hydroxyl groups excluding tert-OH is 1. The Bertz CT molecular complexity index is 304. The largest absolute Gasteiger partial charge is 0.394 e. The van der Waals surface area contributed by atoms with Crippen LogP contribution in [0.4, 0.5) is 0 Å². The van der Waals surface area contributed by atoms with Crippen molar-refractivity contribution < 1.29 is 5.11 Å². The van der Waals surface area contributed by atoms with E-state index in [2.05, 4.69) is 10.9 Å². The second-order valence-corrected chi connectivity index (χ2v) is 2.40. The molecule has 0 aliphatic carbocycles. The van der Waals surface area contributed by atoms with Gasteiger partial charge in [-0.2, -0.15) is 0 Å². The topological polar surface area (TPSA) is 59.1 Å². The minimum absolute atomic E-state index is 0.125. The van der Waals surface area contributed by atoms with E-state index in [1.54, 1.807) is 18.5 Å². The fraction of sp³-hybridized carbons (Fsp3) is 0.222. The van der Waals surface area contributed by atoms with Crippen LogP contribution < -0.4 is 5.73 Å². The molecule has 1 aromatic heterocycles. The van der Waals surface area contributed by atoms with Crippen LogP contribution in [0, 0.1) is 12.3 Å². The summed E-state index contributed by atoms with van der Waals surface area (Å²) in [5.74, 6) is 2.48. The Kier molecular flexibility index (Phi) is 2.81. The van der Waals surface area contributed by atoms with Crippen LogP contribution in [0.2, 0.25) is 0 Å². The van der Waals surface area contributed by atoms with Gasteiger partial charge >= 0.3 is 0 Å². The lowest BCUT2D eigenvalue weighted by Gasteiger charge is -2.09. The molecule has 0 saturated heterocycles. The molecule has 0 bridgehead atoms. The maximum absolute atomic E-state index is 8.79. The van der Waals surface area contributed by atoms with Gasteiger partial charge in [-0.3, -0.25) is 4.98 Å². The predicted molar refractivity (Wildman–Crippen MR) is 46.2 cm³/mol. The summed E-state index contributed by atoms with van der Waals surface area (Å²) in [6.07, 6.45) is 8.41. The average Bonchev–Trinajstić information content (AvgIpc) is 2.16. The first-order chi connectivity index (χ1) is 5.79. The molecule has 1 rings (SSSR count). The Labute approximate surface area is 71.2 Å². The molecule has 0 aromatic carbocycles. The Morgan fingerprint density at radius 3 is 3.08 bits per heavy atom. The molecule has 3 heteroatoms. The van der Waals surface area contributed by atoms with Gasteiger partial charge in [0.2, 0.25) is 0 Å². The lowest BCUT2D eigenvalue weighted by atomic mass is 10.1. The van der Waals surface area contributed by atoms with E-state index in [0.717, 1.165) is 0 Å². The number of rotatable bonds is 2. The number of hydrogen-bond donors (Lipinski definition) is 2. The van der Waals surface area contributed by atoms with Gasteiger partial charge in [-0.25, -0.2) is 0 Å². The van der Waals surface area contributed by atoms with E-state index < -0.39 is 6.04 Å². The molecule has 0 amide bonds. The second-order valence-electron chi connectivity index (χ2n) is 2.40. The number of pyridine rings is 1. The summed E-state index contributed by atoms with van der Waals surface area (Å²) in [6.45, 7) is -0.125. The maximum Gasteiger partial charge on any atom is 0.0625 e. The van der Waals surface area contributed by atoms with Crippen LogP contribution in [-0.4, -0.2) is 16.7 Å². The number of aromatic nitrogens is 1. The molecule has 0 spiro atoms. The molecule has 0 aliphatic rings.